The van der Waals surface area contributed by atoms with Crippen molar-refractivity contribution in [3.63, 3.8) is 0 Å². The number of allylic oxidation sites excluding steroid dienone is 1. The third-order valence-electron chi connectivity index (χ3n) is 4.30. The van der Waals surface area contributed by atoms with Crippen molar-refractivity contribution in [1.29, 1.82) is 0 Å². The van der Waals surface area contributed by atoms with E-state index in [1.54, 1.807) is 27.7 Å². The fourth-order valence-electron chi connectivity index (χ4n) is 3.09. The minimum Gasteiger partial charge on any atom is -0.481 e. The first-order valence-corrected chi connectivity index (χ1v) is 9.43. The number of nitrogens with zero attached hydrogens (tertiary/aromatic N) is 1. The Labute approximate surface area is 173 Å². The quantitative estimate of drug-likeness (QED) is 0.587. The zero-order valence-corrected chi connectivity index (χ0v) is 17.4. The van der Waals surface area contributed by atoms with Gasteiger partial charge < -0.3 is 15.7 Å². The predicted octanol–water partition coefficient (Wildman–Crippen LogP) is 3.60. The lowest BCUT2D eigenvalue weighted by molar-refractivity contribution is -0.141. The topological polar surface area (TPSA) is 101 Å². The standard InChI is InChI=1S/C21H27F3N2O4/c1-12(2)9-15(10-17(27)28)20(30)26(18(13(3)4)19(25)29)11-14-5-7-16(8-6-14)21(22,23)24/h5-9,12-13,18H,10-11H2,1-4H3,(H2,25,29)(H,27,28)/t18-/m0/s1. The molecule has 0 unspecified atom stereocenters. The number of halogens is 3. The number of carboxylic acid groups (broad SMARTS) is 1. The molecule has 1 atom stereocenters. The molecule has 0 aromatic heterocycles. The molecular weight excluding hydrogens is 401 g/mol. The van der Waals surface area contributed by atoms with Crippen molar-refractivity contribution < 1.29 is 32.7 Å². The van der Waals surface area contributed by atoms with Crippen LogP contribution in [-0.4, -0.2) is 33.8 Å². The number of alkyl halides is 3. The average Bonchev–Trinajstić information content (AvgIpc) is 2.58. The summed E-state index contributed by atoms with van der Waals surface area (Å²) in [5.41, 5.74) is 4.99. The van der Waals surface area contributed by atoms with E-state index in [1.165, 1.54) is 18.2 Å². The van der Waals surface area contributed by atoms with Gasteiger partial charge in [0, 0.05) is 12.1 Å². The third kappa shape index (κ3) is 7.20. The molecule has 2 amide bonds. The van der Waals surface area contributed by atoms with Gasteiger partial charge in [-0.25, -0.2) is 0 Å². The van der Waals surface area contributed by atoms with Crippen LogP contribution >= 0.6 is 0 Å². The minimum atomic E-state index is -4.50. The molecule has 0 saturated heterocycles. The first-order valence-electron chi connectivity index (χ1n) is 9.43. The Morgan fingerprint density at radius 3 is 2.00 bits per heavy atom. The molecule has 3 N–H and O–H groups in total. The van der Waals surface area contributed by atoms with Crippen LogP contribution in [0.15, 0.2) is 35.9 Å². The highest BCUT2D eigenvalue weighted by atomic mass is 19.4. The van der Waals surface area contributed by atoms with E-state index in [0.717, 1.165) is 17.0 Å². The van der Waals surface area contributed by atoms with E-state index < -0.39 is 47.9 Å². The summed E-state index contributed by atoms with van der Waals surface area (Å²) in [6, 6.07) is 3.13. The van der Waals surface area contributed by atoms with E-state index >= 15 is 0 Å². The van der Waals surface area contributed by atoms with Gasteiger partial charge in [-0.2, -0.15) is 13.2 Å². The molecule has 1 aromatic rings. The molecule has 9 heteroatoms. The number of rotatable bonds is 9. The Bertz CT molecular complexity index is 799. The van der Waals surface area contributed by atoms with E-state index in [4.69, 9.17) is 5.73 Å². The fraction of sp³-hybridized carbons (Fsp3) is 0.476. The number of carboxylic acids is 1. The van der Waals surface area contributed by atoms with Crippen molar-refractivity contribution in [3.05, 3.63) is 47.0 Å². The van der Waals surface area contributed by atoms with Crippen LogP contribution in [0.2, 0.25) is 0 Å². The van der Waals surface area contributed by atoms with E-state index in [2.05, 4.69) is 0 Å². The summed E-state index contributed by atoms with van der Waals surface area (Å²) < 4.78 is 38.4. The van der Waals surface area contributed by atoms with Crippen molar-refractivity contribution >= 4 is 17.8 Å². The van der Waals surface area contributed by atoms with Crippen molar-refractivity contribution in [2.45, 2.75) is 52.9 Å². The number of hydrogen-bond acceptors (Lipinski definition) is 3. The SMILES string of the molecule is CC(C)C=C(CC(=O)O)C(=O)N(Cc1ccc(C(F)(F)F)cc1)[C@H](C(N)=O)C(C)C. The van der Waals surface area contributed by atoms with Gasteiger partial charge in [0.1, 0.15) is 6.04 Å². The highest BCUT2D eigenvalue weighted by Crippen LogP contribution is 2.29. The number of carbonyl (C=O) groups excluding carboxylic acids is 2. The molecule has 0 saturated carbocycles. The van der Waals surface area contributed by atoms with E-state index in [-0.39, 0.29) is 18.0 Å². The van der Waals surface area contributed by atoms with E-state index in [1.807, 2.05) is 0 Å². The van der Waals surface area contributed by atoms with Crippen LogP contribution in [0.4, 0.5) is 13.2 Å². The third-order valence-corrected chi connectivity index (χ3v) is 4.30. The monoisotopic (exact) mass is 428 g/mol. The minimum absolute atomic E-state index is 0.0173. The normalized spacial score (nSPS) is 13.4. The molecular formula is C21H27F3N2O4. The molecule has 6 nitrogen and oxygen atoms in total. The van der Waals surface area contributed by atoms with Gasteiger partial charge in [0.15, 0.2) is 0 Å². The van der Waals surface area contributed by atoms with Crippen LogP contribution in [0.1, 0.15) is 45.2 Å². The number of hydrogen-bond donors (Lipinski definition) is 2. The fourth-order valence-corrected chi connectivity index (χ4v) is 3.09. The van der Waals surface area contributed by atoms with Gasteiger partial charge in [-0.3, -0.25) is 14.4 Å². The Balaban J connectivity index is 3.39. The molecule has 0 aliphatic heterocycles. The number of benzene rings is 1. The van der Waals surface area contributed by atoms with Crippen molar-refractivity contribution in [3.8, 4) is 0 Å². The summed E-state index contributed by atoms with van der Waals surface area (Å²) in [4.78, 5) is 37.6. The number of amides is 2. The molecule has 0 fully saturated rings. The second-order valence-corrected chi connectivity index (χ2v) is 7.73. The largest absolute Gasteiger partial charge is 0.481 e. The van der Waals surface area contributed by atoms with Crippen LogP contribution in [0.25, 0.3) is 0 Å². The van der Waals surface area contributed by atoms with E-state index in [9.17, 15) is 32.7 Å². The molecule has 30 heavy (non-hydrogen) atoms. The summed E-state index contributed by atoms with van der Waals surface area (Å²) in [5.74, 6) is -3.23. The van der Waals surface area contributed by atoms with Gasteiger partial charge in [-0.15, -0.1) is 0 Å². The van der Waals surface area contributed by atoms with Crippen LogP contribution < -0.4 is 5.73 Å². The Morgan fingerprint density at radius 2 is 1.63 bits per heavy atom. The molecule has 1 rings (SSSR count). The number of primary amides is 1. The first-order chi connectivity index (χ1) is 13.7. The highest BCUT2D eigenvalue weighted by molar-refractivity contribution is 5.99. The molecule has 0 heterocycles. The molecule has 166 valence electrons. The second kappa shape index (κ2) is 10.3. The summed E-state index contributed by atoms with van der Waals surface area (Å²) in [5, 5.41) is 9.17. The van der Waals surface area contributed by atoms with Gasteiger partial charge in [0.2, 0.25) is 5.91 Å². The Hall–Kier alpha value is -2.84. The maximum Gasteiger partial charge on any atom is 0.416 e. The molecule has 0 aliphatic carbocycles. The molecule has 0 spiro atoms. The second-order valence-electron chi connectivity index (χ2n) is 7.73. The molecule has 0 aliphatic rings. The molecule has 1 aromatic carbocycles. The maximum atomic E-state index is 13.2. The van der Waals surface area contributed by atoms with Crippen molar-refractivity contribution in [2.24, 2.45) is 17.6 Å². The van der Waals surface area contributed by atoms with Crippen molar-refractivity contribution in [1.82, 2.24) is 4.90 Å². The molecule has 0 bridgehead atoms. The summed E-state index contributed by atoms with van der Waals surface area (Å²) in [7, 11) is 0. The number of nitrogens with two attached hydrogens (primary N) is 1. The van der Waals surface area contributed by atoms with Gasteiger partial charge in [0.25, 0.3) is 5.91 Å². The Kier molecular flexibility index (Phi) is 8.62. The number of aliphatic carboxylic acids is 1. The summed E-state index contributed by atoms with van der Waals surface area (Å²) >= 11 is 0. The van der Waals surface area contributed by atoms with Crippen LogP contribution in [-0.2, 0) is 27.1 Å². The van der Waals surface area contributed by atoms with Crippen molar-refractivity contribution in [2.75, 3.05) is 0 Å². The zero-order chi connectivity index (χ0) is 23.2. The number of carbonyl (C=O) groups is 3. The van der Waals surface area contributed by atoms with Crippen LogP contribution in [0.5, 0.6) is 0 Å². The van der Waals surface area contributed by atoms with Gasteiger partial charge in [-0.1, -0.05) is 45.9 Å². The van der Waals surface area contributed by atoms with Crippen LogP contribution in [0, 0.1) is 11.8 Å². The van der Waals surface area contributed by atoms with Gasteiger partial charge >= 0.3 is 12.1 Å². The lowest BCUT2D eigenvalue weighted by atomic mass is 9.97. The smallest absolute Gasteiger partial charge is 0.416 e. The van der Waals surface area contributed by atoms with Gasteiger partial charge in [0.05, 0.1) is 12.0 Å². The average molecular weight is 428 g/mol. The zero-order valence-electron chi connectivity index (χ0n) is 17.4. The summed E-state index contributed by atoms with van der Waals surface area (Å²) in [6.07, 6.45) is -3.56. The summed E-state index contributed by atoms with van der Waals surface area (Å²) in [6.45, 7) is 6.68. The Morgan fingerprint density at radius 1 is 1.10 bits per heavy atom. The van der Waals surface area contributed by atoms with Crippen LogP contribution in [0.3, 0.4) is 0 Å². The highest BCUT2D eigenvalue weighted by Gasteiger charge is 2.34. The van der Waals surface area contributed by atoms with E-state index in [0.29, 0.717) is 5.56 Å². The lowest BCUT2D eigenvalue weighted by Gasteiger charge is -2.33. The van der Waals surface area contributed by atoms with Gasteiger partial charge in [-0.05, 0) is 29.5 Å². The lowest BCUT2D eigenvalue weighted by Crippen LogP contribution is -2.51. The molecule has 0 radical (unpaired) electrons. The maximum absolute atomic E-state index is 13.2. The predicted molar refractivity (Wildman–Crippen MR) is 105 cm³/mol. The first kappa shape index (κ1) is 25.2.